The van der Waals surface area contributed by atoms with Crippen LogP contribution in [0.5, 0.6) is 0 Å². The maximum atomic E-state index is 13.8. The van der Waals surface area contributed by atoms with E-state index in [0.29, 0.717) is 11.3 Å². The van der Waals surface area contributed by atoms with Crippen molar-refractivity contribution in [2.45, 2.75) is 6.92 Å². The Bertz CT molecular complexity index is 648. The number of anilines is 1. The van der Waals surface area contributed by atoms with E-state index in [1.54, 1.807) is 6.92 Å². The summed E-state index contributed by atoms with van der Waals surface area (Å²) in [6.45, 7) is 1.77. The second kappa shape index (κ2) is 6.95. The lowest BCUT2D eigenvalue weighted by Gasteiger charge is -2.08. The number of halogens is 2. The first-order valence-corrected chi connectivity index (χ1v) is 8.29. The molecule has 2 aromatic heterocycles. The van der Waals surface area contributed by atoms with Crippen LogP contribution in [0.1, 0.15) is 6.92 Å². The Morgan fingerprint density at radius 2 is 2.24 bits per heavy atom. The summed E-state index contributed by atoms with van der Waals surface area (Å²) < 4.78 is 26.9. The van der Waals surface area contributed by atoms with Gasteiger partial charge in [-0.15, -0.1) is 0 Å². The smallest absolute Gasteiger partial charge is 0.248 e. The van der Waals surface area contributed by atoms with Crippen molar-refractivity contribution in [2.24, 2.45) is 5.92 Å². The zero-order chi connectivity index (χ0) is 15.4. The summed E-state index contributed by atoms with van der Waals surface area (Å²) in [6, 6.07) is 1.22. The van der Waals surface area contributed by atoms with Gasteiger partial charge in [0.15, 0.2) is 5.00 Å². The van der Waals surface area contributed by atoms with Gasteiger partial charge in [0.1, 0.15) is 10.8 Å². The highest BCUT2D eigenvalue weighted by Gasteiger charge is 2.18. The molecule has 0 fully saturated rings. The van der Waals surface area contributed by atoms with Crippen LogP contribution in [0.15, 0.2) is 18.5 Å². The van der Waals surface area contributed by atoms with Gasteiger partial charge in [-0.2, -0.15) is 16.2 Å². The Labute approximate surface area is 129 Å². The Morgan fingerprint density at radius 1 is 1.48 bits per heavy atom. The molecule has 1 unspecified atom stereocenters. The second-order valence-corrected chi connectivity index (χ2v) is 6.29. The van der Waals surface area contributed by atoms with E-state index < -0.39 is 11.8 Å². The summed E-state index contributed by atoms with van der Waals surface area (Å²) in [4.78, 5) is 19.3. The van der Waals surface area contributed by atoms with Gasteiger partial charge in [0, 0.05) is 23.4 Å². The predicted octanol–water partition coefficient (Wildman–Crippen LogP) is 3.42. The molecule has 2 aromatic rings. The number of aromatic nitrogens is 2. The van der Waals surface area contributed by atoms with E-state index in [-0.39, 0.29) is 21.8 Å². The Kier molecular flexibility index (Phi) is 5.24. The minimum atomic E-state index is -0.774. The van der Waals surface area contributed by atoms with Crippen molar-refractivity contribution in [1.29, 1.82) is 0 Å². The van der Waals surface area contributed by atoms with Crippen molar-refractivity contribution in [2.75, 3.05) is 17.3 Å². The molecule has 0 aliphatic carbocycles. The van der Waals surface area contributed by atoms with E-state index in [9.17, 15) is 13.6 Å². The number of thioether (sulfide) groups is 1. The third kappa shape index (κ3) is 3.98. The van der Waals surface area contributed by atoms with Gasteiger partial charge in [-0.25, -0.2) is 9.37 Å². The average molecular weight is 329 g/mol. The van der Waals surface area contributed by atoms with E-state index in [1.165, 1.54) is 24.0 Å². The monoisotopic (exact) mass is 329 g/mol. The van der Waals surface area contributed by atoms with Crippen LogP contribution in [0.25, 0.3) is 10.6 Å². The number of carbonyl (C=O) groups is 1. The zero-order valence-corrected chi connectivity index (χ0v) is 13.0. The first-order chi connectivity index (χ1) is 10.0. The summed E-state index contributed by atoms with van der Waals surface area (Å²) >= 11 is 2.49. The van der Waals surface area contributed by atoms with Gasteiger partial charge in [-0.05, 0) is 12.3 Å². The van der Waals surface area contributed by atoms with Gasteiger partial charge >= 0.3 is 0 Å². The van der Waals surface area contributed by atoms with Crippen LogP contribution < -0.4 is 5.32 Å². The predicted molar refractivity (Wildman–Crippen MR) is 81.4 cm³/mol. The molecule has 1 N–H and O–H groups in total. The number of nitrogens with zero attached hydrogens (tertiary/aromatic N) is 2. The van der Waals surface area contributed by atoms with E-state index in [2.05, 4.69) is 15.3 Å². The molecule has 0 aliphatic rings. The lowest BCUT2D eigenvalue weighted by Crippen LogP contribution is -2.22. The summed E-state index contributed by atoms with van der Waals surface area (Å²) in [7, 11) is 0. The second-order valence-electron chi connectivity index (χ2n) is 4.38. The molecule has 0 bridgehead atoms. The van der Waals surface area contributed by atoms with E-state index in [1.807, 2.05) is 6.26 Å². The van der Waals surface area contributed by atoms with E-state index in [0.717, 1.165) is 17.5 Å². The fourth-order valence-corrected chi connectivity index (χ4v) is 3.07. The van der Waals surface area contributed by atoms with Crippen molar-refractivity contribution >= 4 is 34.0 Å². The van der Waals surface area contributed by atoms with Crippen molar-refractivity contribution in [3.05, 3.63) is 30.2 Å². The standard InChI is InChI=1S/C13H13F2N3OS2/c1-7(6-20-2)11(19)18-13-10(15)17-12(21-13)8-3-9(14)5-16-4-8/h3-5,7H,6H2,1-2H3,(H,18,19). The quantitative estimate of drug-likeness (QED) is 0.913. The molecule has 2 heterocycles. The third-order valence-corrected chi connectivity index (χ3v) is 4.47. The Hall–Kier alpha value is -1.54. The summed E-state index contributed by atoms with van der Waals surface area (Å²) in [5.74, 6) is -1.16. The van der Waals surface area contributed by atoms with Gasteiger partial charge in [-0.1, -0.05) is 18.3 Å². The van der Waals surface area contributed by atoms with Gasteiger partial charge in [0.2, 0.25) is 11.9 Å². The fourth-order valence-electron chi connectivity index (χ4n) is 1.59. The van der Waals surface area contributed by atoms with Crippen LogP contribution in [0.3, 0.4) is 0 Å². The van der Waals surface area contributed by atoms with Crippen LogP contribution in [0, 0.1) is 17.7 Å². The lowest BCUT2D eigenvalue weighted by atomic mass is 10.2. The molecule has 0 spiro atoms. The van der Waals surface area contributed by atoms with Crippen LogP contribution in [0.2, 0.25) is 0 Å². The number of hydrogen-bond donors (Lipinski definition) is 1. The van der Waals surface area contributed by atoms with Crippen molar-refractivity contribution < 1.29 is 13.6 Å². The van der Waals surface area contributed by atoms with Gasteiger partial charge in [0.05, 0.1) is 6.20 Å². The molecule has 1 amide bonds. The number of thiazole rings is 1. The highest BCUT2D eigenvalue weighted by atomic mass is 32.2. The molecular formula is C13H13F2N3OS2. The normalized spacial score (nSPS) is 12.2. The molecule has 21 heavy (non-hydrogen) atoms. The number of hydrogen-bond acceptors (Lipinski definition) is 5. The lowest BCUT2D eigenvalue weighted by molar-refractivity contribution is -0.118. The molecular weight excluding hydrogens is 316 g/mol. The zero-order valence-electron chi connectivity index (χ0n) is 11.4. The van der Waals surface area contributed by atoms with E-state index in [4.69, 9.17) is 0 Å². The van der Waals surface area contributed by atoms with Crippen LogP contribution in [-0.4, -0.2) is 27.9 Å². The SMILES string of the molecule is CSCC(C)C(=O)Nc1sc(-c2cncc(F)c2)nc1F. The molecule has 112 valence electrons. The molecule has 8 heteroatoms. The first kappa shape index (κ1) is 15.8. The largest absolute Gasteiger partial charge is 0.314 e. The minimum absolute atomic E-state index is 0.0345. The molecule has 0 aliphatic heterocycles. The molecule has 0 saturated heterocycles. The van der Waals surface area contributed by atoms with Crippen LogP contribution in [0.4, 0.5) is 13.8 Å². The highest BCUT2D eigenvalue weighted by molar-refractivity contribution is 7.98. The fraction of sp³-hybridized carbons (Fsp3) is 0.308. The summed E-state index contributed by atoms with van der Waals surface area (Å²) in [5.41, 5.74) is 0.372. The third-order valence-electron chi connectivity index (χ3n) is 2.64. The van der Waals surface area contributed by atoms with Gasteiger partial charge in [0.25, 0.3) is 0 Å². The summed E-state index contributed by atoms with van der Waals surface area (Å²) in [5, 5.41) is 2.82. The summed E-state index contributed by atoms with van der Waals surface area (Å²) in [6.07, 6.45) is 4.34. The molecule has 2 rings (SSSR count). The number of amides is 1. The Morgan fingerprint density at radius 3 is 2.90 bits per heavy atom. The minimum Gasteiger partial charge on any atom is -0.314 e. The van der Waals surface area contributed by atoms with Crippen molar-refractivity contribution in [3.8, 4) is 10.6 Å². The van der Waals surface area contributed by atoms with Crippen LogP contribution in [-0.2, 0) is 4.79 Å². The highest BCUT2D eigenvalue weighted by Crippen LogP contribution is 2.31. The van der Waals surface area contributed by atoms with Gasteiger partial charge < -0.3 is 5.32 Å². The average Bonchev–Trinajstić information content (AvgIpc) is 2.80. The number of rotatable bonds is 5. The van der Waals surface area contributed by atoms with E-state index >= 15 is 0 Å². The molecule has 0 radical (unpaired) electrons. The molecule has 1 atom stereocenters. The maximum Gasteiger partial charge on any atom is 0.248 e. The molecule has 4 nitrogen and oxygen atoms in total. The molecule has 0 aromatic carbocycles. The molecule has 0 saturated carbocycles. The van der Waals surface area contributed by atoms with Crippen molar-refractivity contribution in [1.82, 2.24) is 9.97 Å². The number of nitrogens with one attached hydrogen (secondary N) is 1. The first-order valence-electron chi connectivity index (χ1n) is 6.08. The maximum absolute atomic E-state index is 13.8. The van der Waals surface area contributed by atoms with Gasteiger partial charge in [-0.3, -0.25) is 9.78 Å². The van der Waals surface area contributed by atoms with Crippen LogP contribution >= 0.6 is 23.1 Å². The van der Waals surface area contributed by atoms with Crippen molar-refractivity contribution in [3.63, 3.8) is 0 Å². The number of pyridine rings is 1. The Balaban J connectivity index is 2.18. The topological polar surface area (TPSA) is 54.9 Å². The number of carbonyl (C=O) groups excluding carboxylic acids is 1.